The van der Waals surface area contributed by atoms with Crippen LogP contribution in [0.5, 0.6) is 0 Å². The fraction of sp³-hybridized carbons (Fsp3) is 0.238. The zero-order valence-electron chi connectivity index (χ0n) is 16.2. The average Bonchev–Trinajstić information content (AvgIpc) is 3.02. The Hall–Kier alpha value is -3.13. The summed E-state index contributed by atoms with van der Waals surface area (Å²) in [6, 6.07) is 17.0. The number of para-hydroxylation sites is 3. The van der Waals surface area contributed by atoms with Crippen LogP contribution < -0.4 is 10.2 Å². The number of fused-ring (bicyclic) bond motifs is 1. The number of hydrogen-bond acceptors (Lipinski definition) is 5. The number of anilines is 2. The quantitative estimate of drug-likeness (QED) is 0.670. The van der Waals surface area contributed by atoms with Gasteiger partial charge in [0.2, 0.25) is 11.8 Å². The number of rotatable bonds is 4. The van der Waals surface area contributed by atoms with Crippen molar-refractivity contribution in [2.24, 2.45) is 0 Å². The third-order valence-corrected chi connectivity index (χ3v) is 5.68. The summed E-state index contributed by atoms with van der Waals surface area (Å²) in [7, 11) is 0. The summed E-state index contributed by atoms with van der Waals surface area (Å²) in [5.74, 6) is 0.783. The molecule has 2 heterocycles. The van der Waals surface area contributed by atoms with Crippen LogP contribution in [-0.2, 0) is 9.59 Å². The van der Waals surface area contributed by atoms with Crippen molar-refractivity contribution >= 4 is 35.0 Å². The molecule has 4 rings (SSSR count). The van der Waals surface area contributed by atoms with Gasteiger partial charge in [0.25, 0.3) is 0 Å². The third-order valence-electron chi connectivity index (χ3n) is 4.76. The molecule has 2 amide bonds. The van der Waals surface area contributed by atoms with Crippen LogP contribution in [0, 0.1) is 6.92 Å². The SMILES string of the molecule is Cc1nnc(SCC(=O)N2c3ccccc3NC(=O)C[C@@H]2C)n1-c1ccccc1. The first-order valence-corrected chi connectivity index (χ1v) is 10.3. The molecule has 1 atom stereocenters. The number of hydrogen-bond donors (Lipinski definition) is 1. The minimum Gasteiger partial charge on any atom is -0.324 e. The van der Waals surface area contributed by atoms with Crippen LogP contribution in [0.2, 0.25) is 0 Å². The first kappa shape index (κ1) is 19.2. The highest BCUT2D eigenvalue weighted by atomic mass is 32.2. The van der Waals surface area contributed by atoms with Gasteiger partial charge in [-0.1, -0.05) is 42.1 Å². The molecule has 8 heteroatoms. The molecular formula is C21H21N5O2S. The van der Waals surface area contributed by atoms with Gasteiger partial charge in [-0.05, 0) is 38.1 Å². The van der Waals surface area contributed by atoms with Gasteiger partial charge in [-0.3, -0.25) is 14.2 Å². The van der Waals surface area contributed by atoms with Crippen LogP contribution in [-0.4, -0.2) is 38.4 Å². The number of nitrogens with one attached hydrogen (secondary N) is 1. The lowest BCUT2D eigenvalue weighted by molar-refractivity contribution is -0.117. The number of carbonyl (C=O) groups is 2. The molecule has 0 radical (unpaired) electrons. The highest BCUT2D eigenvalue weighted by Crippen LogP contribution is 2.32. The van der Waals surface area contributed by atoms with E-state index in [0.29, 0.717) is 10.8 Å². The Balaban J connectivity index is 1.57. The van der Waals surface area contributed by atoms with Crippen molar-refractivity contribution in [3.8, 4) is 5.69 Å². The lowest BCUT2D eigenvalue weighted by atomic mass is 10.2. The van der Waals surface area contributed by atoms with E-state index in [1.165, 1.54) is 11.8 Å². The van der Waals surface area contributed by atoms with E-state index in [4.69, 9.17) is 0 Å². The summed E-state index contributed by atoms with van der Waals surface area (Å²) >= 11 is 1.34. The van der Waals surface area contributed by atoms with E-state index in [9.17, 15) is 9.59 Å². The number of aromatic nitrogens is 3. The van der Waals surface area contributed by atoms with Crippen LogP contribution in [0.15, 0.2) is 59.8 Å². The van der Waals surface area contributed by atoms with Crippen LogP contribution in [0.4, 0.5) is 11.4 Å². The van der Waals surface area contributed by atoms with E-state index in [2.05, 4.69) is 15.5 Å². The largest absolute Gasteiger partial charge is 0.324 e. The fourth-order valence-corrected chi connectivity index (χ4v) is 4.33. The Morgan fingerprint density at radius 1 is 1.14 bits per heavy atom. The van der Waals surface area contributed by atoms with Crippen LogP contribution in [0.25, 0.3) is 5.69 Å². The van der Waals surface area contributed by atoms with E-state index in [-0.39, 0.29) is 30.0 Å². The molecule has 0 unspecified atom stereocenters. The van der Waals surface area contributed by atoms with Gasteiger partial charge in [0.1, 0.15) is 5.82 Å². The lowest BCUT2D eigenvalue weighted by Gasteiger charge is -2.27. The van der Waals surface area contributed by atoms with Crippen molar-refractivity contribution < 1.29 is 9.59 Å². The number of aryl methyl sites for hydroxylation is 1. The molecule has 0 saturated heterocycles. The summed E-state index contributed by atoms with van der Waals surface area (Å²) < 4.78 is 1.93. The molecule has 3 aromatic rings. The average molecular weight is 407 g/mol. The first-order valence-electron chi connectivity index (χ1n) is 9.36. The zero-order valence-corrected chi connectivity index (χ0v) is 17.0. The van der Waals surface area contributed by atoms with Crippen molar-refractivity contribution in [1.29, 1.82) is 0 Å². The van der Waals surface area contributed by atoms with E-state index in [0.717, 1.165) is 17.2 Å². The Morgan fingerprint density at radius 3 is 2.66 bits per heavy atom. The molecule has 0 saturated carbocycles. The van der Waals surface area contributed by atoms with Gasteiger partial charge < -0.3 is 10.2 Å². The Labute approximate surface area is 173 Å². The summed E-state index contributed by atoms with van der Waals surface area (Å²) in [6.45, 7) is 3.77. The van der Waals surface area contributed by atoms with Crippen LogP contribution in [0.1, 0.15) is 19.2 Å². The molecular weight excluding hydrogens is 386 g/mol. The van der Waals surface area contributed by atoms with E-state index in [1.807, 2.05) is 73.0 Å². The molecule has 0 fully saturated rings. The second kappa shape index (κ2) is 8.08. The molecule has 7 nitrogen and oxygen atoms in total. The smallest absolute Gasteiger partial charge is 0.237 e. The molecule has 29 heavy (non-hydrogen) atoms. The minimum atomic E-state index is -0.236. The highest BCUT2D eigenvalue weighted by Gasteiger charge is 2.29. The van der Waals surface area contributed by atoms with Crippen molar-refractivity contribution in [3.05, 3.63) is 60.4 Å². The van der Waals surface area contributed by atoms with Crippen molar-refractivity contribution in [2.75, 3.05) is 16.0 Å². The van der Waals surface area contributed by atoms with Crippen LogP contribution >= 0.6 is 11.8 Å². The predicted molar refractivity (Wildman–Crippen MR) is 113 cm³/mol. The molecule has 2 aromatic carbocycles. The van der Waals surface area contributed by atoms with Crippen molar-refractivity contribution in [2.45, 2.75) is 31.5 Å². The summed E-state index contributed by atoms with van der Waals surface area (Å²) in [5.41, 5.74) is 2.33. The van der Waals surface area contributed by atoms with Gasteiger partial charge in [-0.25, -0.2) is 0 Å². The summed E-state index contributed by atoms with van der Waals surface area (Å²) in [5, 5.41) is 12.0. The topological polar surface area (TPSA) is 80.1 Å². The second-order valence-corrected chi connectivity index (χ2v) is 7.81. The molecule has 1 aliphatic heterocycles. The van der Waals surface area contributed by atoms with Gasteiger partial charge >= 0.3 is 0 Å². The lowest BCUT2D eigenvalue weighted by Crippen LogP contribution is -2.40. The maximum Gasteiger partial charge on any atom is 0.237 e. The van der Waals surface area contributed by atoms with Crippen LogP contribution in [0.3, 0.4) is 0 Å². The van der Waals surface area contributed by atoms with Gasteiger partial charge in [0.15, 0.2) is 5.16 Å². The Bertz CT molecular complexity index is 1050. The summed E-state index contributed by atoms with van der Waals surface area (Å²) in [6.07, 6.45) is 0.254. The molecule has 0 aliphatic carbocycles. The molecule has 148 valence electrons. The number of benzene rings is 2. The number of carbonyl (C=O) groups excluding carboxylic acids is 2. The normalized spacial score (nSPS) is 16.1. The fourth-order valence-electron chi connectivity index (χ4n) is 3.47. The Kier molecular flexibility index (Phi) is 5.35. The standard InChI is InChI=1S/C21H21N5O2S/c1-14-12-19(27)22-17-10-6-7-11-18(17)25(14)20(28)13-29-21-24-23-15(2)26(21)16-8-4-3-5-9-16/h3-11,14H,12-13H2,1-2H3,(H,22,27)/t14-/m0/s1. The van der Waals surface area contributed by atoms with Gasteiger partial charge in [0, 0.05) is 18.2 Å². The molecule has 0 spiro atoms. The van der Waals surface area contributed by atoms with Gasteiger partial charge in [0.05, 0.1) is 17.1 Å². The Morgan fingerprint density at radius 2 is 1.86 bits per heavy atom. The maximum absolute atomic E-state index is 13.2. The molecule has 1 aromatic heterocycles. The first-order chi connectivity index (χ1) is 14.0. The molecule has 1 aliphatic rings. The van der Waals surface area contributed by atoms with Gasteiger partial charge in [-0.15, -0.1) is 10.2 Å². The predicted octanol–water partition coefficient (Wildman–Crippen LogP) is 3.43. The summed E-state index contributed by atoms with van der Waals surface area (Å²) in [4.78, 5) is 27.0. The van der Waals surface area contributed by atoms with E-state index >= 15 is 0 Å². The monoisotopic (exact) mass is 407 g/mol. The maximum atomic E-state index is 13.2. The third kappa shape index (κ3) is 3.88. The van der Waals surface area contributed by atoms with Gasteiger partial charge in [-0.2, -0.15) is 0 Å². The number of thioether (sulfide) groups is 1. The zero-order chi connectivity index (χ0) is 20.4. The van der Waals surface area contributed by atoms with Crippen molar-refractivity contribution in [3.63, 3.8) is 0 Å². The minimum absolute atomic E-state index is 0.0771. The molecule has 1 N–H and O–H groups in total. The molecule has 0 bridgehead atoms. The highest BCUT2D eigenvalue weighted by molar-refractivity contribution is 7.99. The second-order valence-electron chi connectivity index (χ2n) is 6.87. The van der Waals surface area contributed by atoms with E-state index < -0.39 is 0 Å². The number of amides is 2. The van der Waals surface area contributed by atoms with Crippen molar-refractivity contribution in [1.82, 2.24) is 14.8 Å². The van der Waals surface area contributed by atoms with E-state index in [1.54, 1.807) is 4.90 Å². The number of nitrogens with zero attached hydrogens (tertiary/aromatic N) is 4.